The second-order valence-corrected chi connectivity index (χ2v) is 6.72. The van der Waals surface area contributed by atoms with Gasteiger partial charge in [0.05, 0.1) is 17.8 Å². The molecule has 144 valence electrons. The molecule has 1 amide bonds. The number of furan rings is 1. The van der Waals surface area contributed by atoms with E-state index in [0.29, 0.717) is 11.3 Å². The van der Waals surface area contributed by atoms with Gasteiger partial charge in [-0.1, -0.05) is 11.6 Å². The maximum absolute atomic E-state index is 12.6. The van der Waals surface area contributed by atoms with Crippen molar-refractivity contribution < 1.29 is 23.7 Å². The lowest BCUT2D eigenvalue weighted by atomic mass is 10.1. The predicted molar refractivity (Wildman–Crippen MR) is 104 cm³/mol. The fourth-order valence-corrected chi connectivity index (χ4v) is 3.56. The molecule has 0 unspecified atom stereocenters. The van der Waals surface area contributed by atoms with Gasteiger partial charge in [0.25, 0.3) is 11.6 Å². The van der Waals surface area contributed by atoms with Crippen LogP contribution in [-0.4, -0.2) is 23.4 Å². The van der Waals surface area contributed by atoms with Gasteiger partial charge in [0.2, 0.25) is 0 Å². The zero-order chi connectivity index (χ0) is 20.3. The molecule has 3 aromatic rings. The van der Waals surface area contributed by atoms with E-state index in [1.807, 2.05) is 0 Å². The van der Waals surface area contributed by atoms with Crippen LogP contribution in [0.3, 0.4) is 0 Å². The maximum atomic E-state index is 12.6. The normalized spacial score (nSPS) is 10.5. The minimum atomic E-state index is -0.677. The Morgan fingerprint density at radius 2 is 2.14 bits per heavy atom. The van der Waals surface area contributed by atoms with Gasteiger partial charge in [-0.2, -0.15) is 0 Å². The molecule has 0 atom stereocenters. The number of halogens is 1. The number of nitrogens with one attached hydrogen (secondary N) is 1. The fourth-order valence-electron chi connectivity index (χ4n) is 2.44. The summed E-state index contributed by atoms with van der Waals surface area (Å²) in [5.74, 6) is -0.798. The highest BCUT2D eigenvalue weighted by Crippen LogP contribution is 2.37. The largest absolute Gasteiger partial charge is 0.464 e. The molecule has 0 radical (unpaired) electrons. The number of hydrogen-bond acceptors (Lipinski definition) is 7. The quantitative estimate of drug-likeness (QED) is 0.341. The molecule has 0 saturated heterocycles. The van der Waals surface area contributed by atoms with E-state index >= 15 is 0 Å². The van der Waals surface area contributed by atoms with Crippen molar-refractivity contribution in [2.75, 3.05) is 11.9 Å². The van der Waals surface area contributed by atoms with Gasteiger partial charge >= 0.3 is 5.97 Å². The van der Waals surface area contributed by atoms with Gasteiger partial charge in [-0.15, -0.1) is 11.3 Å². The molecule has 3 rings (SSSR count). The third-order valence-electron chi connectivity index (χ3n) is 3.69. The first kappa shape index (κ1) is 19.6. The highest BCUT2D eigenvalue weighted by atomic mass is 35.5. The smallest absolute Gasteiger partial charge is 0.341 e. The number of nitrogens with zero attached hydrogens (tertiary/aromatic N) is 1. The SMILES string of the molecule is CCOC(=O)c1c(-c2ccco2)csc1NC(=O)c1ccc(Cl)c([N+](=O)[O-])c1. The molecule has 28 heavy (non-hydrogen) atoms. The Balaban J connectivity index is 1.96. The van der Waals surface area contributed by atoms with Gasteiger partial charge in [0.1, 0.15) is 21.3 Å². The summed E-state index contributed by atoms with van der Waals surface area (Å²) < 4.78 is 10.4. The van der Waals surface area contributed by atoms with Crippen molar-refractivity contribution >= 4 is 45.5 Å². The third kappa shape index (κ3) is 3.90. The Kier molecular flexibility index (Phi) is 5.76. The zero-order valence-electron chi connectivity index (χ0n) is 14.4. The molecule has 8 nitrogen and oxygen atoms in total. The highest BCUT2D eigenvalue weighted by molar-refractivity contribution is 7.15. The van der Waals surface area contributed by atoms with Crippen LogP contribution >= 0.6 is 22.9 Å². The summed E-state index contributed by atoms with van der Waals surface area (Å²) in [7, 11) is 0. The number of hydrogen-bond donors (Lipinski definition) is 1. The van der Waals surface area contributed by atoms with Crippen LogP contribution in [0.2, 0.25) is 5.02 Å². The Morgan fingerprint density at radius 1 is 1.36 bits per heavy atom. The summed E-state index contributed by atoms with van der Waals surface area (Å²) in [6.45, 7) is 1.82. The zero-order valence-corrected chi connectivity index (χ0v) is 16.0. The van der Waals surface area contributed by atoms with Crippen molar-refractivity contribution in [1.82, 2.24) is 0 Å². The number of rotatable bonds is 6. The Morgan fingerprint density at radius 3 is 2.79 bits per heavy atom. The lowest BCUT2D eigenvalue weighted by Crippen LogP contribution is -2.15. The molecule has 2 heterocycles. The average molecular weight is 421 g/mol. The maximum Gasteiger partial charge on any atom is 0.341 e. The first-order chi connectivity index (χ1) is 13.4. The number of anilines is 1. The molecule has 0 bridgehead atoms. The molecule has 1 aromatic carbocycles. The molecule has 0 aliphatic rings. The first-order valence-electron chi connectivity index (χ1n) is 8.00. The summed E-state index contributed by atoms with van der Waals surface area (Å²) in [5.41, 5.74) is 0.269. The molecule has 2 aromatic heterocycles. The van der Waals surface area contributed by atoms with E-state index in [1.54, 1.807) is 24.4 Å². The molecular formula is C18H13ClN2O6S. The number of esters is 1. The summed E-state index contributed by atoms with van der Waals surface area (Å²) in [5, 5.41) is 15.5. The van der Waals surface area contributed by atoms with E-state index < -0.39 is 16.8 Å². The van der Waals surface area contributed by atoms with Gasteiger partial charge in [0.15, 0.2) is 0 Å². The van der Waals surface area contributed by atoms with Gasteiger partial charge in [-0.3, -0.25) is 14.9 Å². The van der Waals surface area contributed by atoms with E-state index in [0.717, 1.165) is 17.4 Å². The summed E-state index contributed by atoms with van der Waals surface area (Å²) in [4.78, 5) is 35.4. The van der Waals surface area contributed by atoms with E-state index in [4.69, 9.17) is 20.8 Å². The number of carbonyl (C=O) groups is 2. The van der Waals surface area contributed by atoms with E-state index in [2.05, 4.69) is 5.32 Å². The van der Waals surface area contributed by atoms with Crippen LogP contribution in [0.15, 0.2) is 46.4 Å². The van der Waals surface area contributed by atoms with Gasteiger partial charge in [-0.25, -0.2) is 4.79 Å². The van der Waals surface area contributed by atoms with Crippen LogP contribution in [0.25, 0.3) is 11.3 Å². The van der Waals surface area contributed by atoms with Crippen molar-refractivity contribution in [2.45, 2.75) is 6.92 Å². The number of thiophene rings is 1. The molecule has 0 fully saturated rings. The van der Waals surface area contributed by atoms with Crippen molar-refractivity contribution in [3.8, 4) is 11.3 Å². The van der Waals surface area contributed by atoms with E-state index in [-0.39, 0.29) is 33.4 Å². The van der Waals surface area contributed by atoms with Gasteiger partial charge in [-0.05, 0) is 31.2 Å². The second kappa shape index (κ2) is 8.24. The second-order valence-electron chi connectivity index (χ2n) is 5.43. The van der Waals surface area contributed by atoms with Crippen molar-refractivity contribution in [2.24, 2.45) is 0 Å². The van der Waals surface area contributed by atoms with Crippen LogP contribution < -0.4 is 5.32 Å². The van der Waals surface area contributed by atoms with Crippen LogP contribution in [0.4, 0.5) is 10.7 Å². The molecule has 0 aliphatic heterocycles. The van der Waals surface area contributed by atoms with Gasteiger partial charge < -0.3 is 14.5 Å². The molecular weight excluding hydrogens is 408 g/mol. The van der Waals surface area contributed by atoms with Crippen LogP contribution in [0.5, 0.6) is 0 Å². The van der Waals surface area contributed by atoms with Crippen molar-refractivity contribution in [3.05, 3.63) is 68.2 Å². The molecule has 1 N–H and O–H groups in total. The van der Waals surface area contributed by atoms with E-state index in [1.165, 1.54) is 18.4 Å². The van der Waals surface area contributed by atoms with E-state index in [9.17, 15) is 19.7 Å². The summed E-state index contributed by atoms with van der Waals surface area (Å²) >= 11 is 6.89. The minimum absolute atomic E-state index is 0.0267. The molecule has 0 aliphatic carbocycles. The highest BCUT2D eigenvalue weighted by Gasteiger charge is 2.25. The van der Waals surface area contributed by atoms with Crippen LogP contribution in [-0.2, 0) is 4.74 Å². The first-order valence-corrected chi connectivity index (χ1v) is 9.26. The Hall–Kier alpha value is -3.17. The van der Waals surface area contributed by atoms with Crippen LogP contribution in [0.1, 0.15) is 27.6 Å². The number of carbonyl (C=O) groups excluding carboxylic acids is 2. The molecule has 0 saturated carbocycles. The topological polar surface area (TPSA) is 112 Å². The number of nitro benzene ring substituents is 1. The van der Waals surface area contributed by atoms with Crippen LogP contribution in [0, 0.1) is 10.1 Å². The third-order valence-corrected chi connectivity index (χ3v) is 4.90. The Labute approximate surface area is 167 Å². The standard InChI is InChI=1S/C18H13ClN2O6S/c1-2-26-18(23)15-11(14-4-3-7-27-14)9-28-17(15)20-16(22)10-5-6-12(19)13(8-10)21(24)25/h3-9H,2H2,1H3,(H,20,22). The predicted octanol–water partition coefficient (Wildman–Crippen LogP) is 5.00. The lowest BCUT2D eigenvalue weighted by Gasteiger charge is -2.08. The Bertz CT molecular complexity index is 1040. The van der Waals surface area contributed by atoms with Crippen molar-refractivity contribution in [3.63, 3.8) is 0 Å². The molecule has 0 spiro atoms. The summed E-state index contributed by atoms with van der Waals surface area (Å²) in [6.07, 6.45) is 1.47. The number of ether oxygens (including phenoxy) is 1. The lowest BCUT2D eigenvalue weighted by molar-refractivity contribution is -0.384. The fraction of sp³-hybridized carbons (Fsp3) is 0.111. The van der Waals surface area contributed by atoms with Crippen molar-refractivity contribution in [1.29, 1.82) is 0 Å². The average Bonchev–Trinajstić information content (AvgIpc) is 3.31. The number of nitro groups is 1. The number of amides is 1. The monoisotopic (exact) mass is 420 g/mol. The summed E-state index contributed by atoms with van der Waals surface area (Å²) in [6, 6.07) is 7.05. The van der Waals surface area contributed by atoms with Gasteiger partial charge in [0, 0.05) is 22.6 Å². The number of benzene rings is 1. The molecule has 10 heteroatoms. The minimum Gasteiger partial charge on any atom is -0.464 e.